The lowest BCUT2D eigenvalue weighted by Crippen LogP contribution is -2.52. The van der Waals surface area contributed by atoms with E-state index < -0.39 is 34.7 Å². The number of ether oxygens (including phenoxy) is 3. The lowest BCUT2D eigenvalue weighted by atomic mass is 10.0. The molecule has 0 radical (unpaired) electrons. The molecule has 3 aromatic heterocycles. The van der Waals surface area contributed by atoms with Gasteiger partial charge in [-0.2, -0.15) is 10.2 Å². The van der Waals surface area contributed by atoms with Gasteiger partial charge in [0.15, 0.2) is 0 Å². The van der Waals surface area contributed by atoms with Crippen molar-refractivity contribution in [3.8, 4) is 10.8 Å². The number of aliphatic carboxylic acids is 1. The van der Waals surface area contributed by atoms with E-state index in [1.54, 1.807) is 6.92 Å². The van der Waals surface area contributed by atoms with Crippen LogP contribution < -0.4 is 16.0 Å². The van der Waals surface area contributed by atoms with Gasteiger partial charge in [0, 0.05) is 11.1 Å². The van der Waals surface area contributed by atoms with Crippen LogP contribution in [0.3, 0.4) is 0 Å². The number of carbonyl (C=O) groups is 1. The maximum absolute atomic E-state index is 14.7. The number of aromatic nitrogens is 5. The number of halogens is 1. The van der Waals surface area contributed by atoms with E-state index in [1.165, 1.54) is 60.9 Å². The van der Waals surface area contributed by atoms with Crippen LogP contribution in [0.4, 0.5) is 4.39 Å². The fraction of sp³-hybridized carbons (Fsp3) is 0.483. The predicted octanol–water partition coefficient (Wildman–Crippen LogP) is 3.55. The molecule has 0 saturated carbocycles. The lowest BCUT2D eigenvalue weighted by molar-refractivity contribution is -0.146. The maximum Gasteiger partial charge on any atom is 0.333 e. The zero-order chi connectivity index (χ0) is 30.6. The van der Waals surface area contributed by atoms with Gasteiger partial charge in [0.25, 0.3) is 5.56 Å². The third kappa shape index (κ3) is 5.06. The molecule has 0 spiro atoms. The molecular formula is C29H32FN5O7S. The van der Waals surface area contributed by atoms with E-state index in [2.05, 4.69) is 10.2 Å². The van der Waals surface area contributed by atoms with E-state index in [1.807, 2.05) is 0 Å². The summed E-state index contributed by atoms with van der Waals surface area (Å²) in [7, 11) is 1.47. The number of hydrogen-bond acceptors (Lipinski definition) is 9. The van der Waals surface area contributed by atoms with Crippen LogP contribution in [-0.4, -0.2) is 60.6 Å². The van der Waals surface area contributed by atoms with Crippen LogP contribution in [0.25, 0.3) is 15.2 Å². The minimum Gasteiger partial charge on any atom is -0.496 e. The number of thiophene rings is 1. The van der Waals surface area contributed by atoms with Crippen molar-refractivity contribution in [2.75, 3.05) is 7.11 Å². The van der Waals surface area contributed by atoms with E-state index >= 15 is 0 Å². The van der Waals surface area contributed by atoms with Crippen LogP contribution in [0, 0.1) is 12.7 Å². The summed E-state index contributed by atoms with van der Waals surface area (Å²) in [5.41, 5.74) is -2.57. The van der Waals surface area contributed by atoms with Gasteiger partial charge >= 0.3 is 11.7 Å². The Morgan fingerprint density at radius 3 is 2.51 bits per heavy atom. The number of carboxylic acids is 1. The molecule has 2 aliphatic rings. The summed E-state index contributed by atoms with van der Waals surface area (Å²) >= 11 is 1.13. The smallest absolute Gasteiger partial charge is 0.333 e. The Bertz CT molecular complexity index is 1800. The zero-order valence-electron chi connectivity index (χ0n) is 24.2. The van der Waals surface area contributed by atoms with Gasteiger partial charge in [0.2, 0.25) is 0 Å². The monoisotopic (exact) mass is 613 g/mol. The number of aryl methyl sites for hydroxylation is 1. The normalized spacial score (nSPS) is 20.9. The van der Waals surface area contributed by atoms with E-state index in [0.29, 0.717) is 39.5 Å². The van der Waals surface area contributed by atoms with Gasteiger partial charge in [-0.1, -0.05) is 11.3 Å². The number of fused-ring (bicyclic) bond motifs is 3. The van der Waals surface area contributed by atoms with Gasteiger partial charge in [0.1, 0.15) is 33.0 Å². The highest BCUT2D eigenvalue weighted by molar-refractivity contribution is 7.21. The molecule has 228 valence electrons. The Morgan fingerprint density at radius 2 is 1.88 bits per heavy atom. The predicted molar refractivity (Wildman–Crippen MR) is 155 cm³/mol. The summed E-state index contributed by atoms with van der Waals surface area (Å²) in [6.45, 7) is 4.15. The van der Waals surface area contributed by atoms with Crippen molar-refractivity contribution in [2.45, 2.75) is 83.0 Å². The molecule has 1 aromatic carbocycles. The van der Waals surface area contributed by atoms with Crippen molar-refractivity contribution in [3.63, 3.8) is 0 Å². The third-order valence-electron chi connectivity index (χ3n) is 8.36. The Morgan fingerprint density at radius 1 is 1.21 bits per heavy atom. The molecule has 14 heteroatoms. The maximum atomic E-state index is 14.7. The van der Waals surface area contributed by atoms with Gasteiger partial charge in [-0.3, -0.25) is 9.36 Å². The molecule has 0 unspecified atom stereocenters. The average Bonchev–Trinajstić information content (AvgIpc) is 3.69. The largest absolute Gasteiger partial charge is 0.496 e. The summed E-state index contributed by atoms with van der Waals surface area (Å²) in [6.07, 6.45) is 5.16. The summed E-state index contributed by atoms with van der Waals surface area (Å²) in [4.78, 5) is 42.1. The molecule has 0 amide bonds. The van der Waals surface area contributed by atoms with Crippen LogP contribution in [0.15, 0.2) is 40.2 Å². The molecule has 12 nitrogen and oxygen atoms in total. The number of rotatable bonds is 9. The molecule has 1 N–H and O–H groups in total. The highest BCUT2D eigenvalue weighted by atomic mass is 32.1. The minimum atomic E-state index is -1.88. The summed E-state index contributed by atoms with van der Waals surface area (Å²) in [6, 6.07) is 4.09. The lowest BCUT2D eigenvalue weighted by Gasteiger charge is -2.33. The SMILES string of the molecule is COc1ccc(F)cc1[C@H](Cn1c(=O)n(C(C)(C)C(=O)O)c(=O)c2c(C)c(-n3nccn3)sc21)O[C@@H]1C[C@H]2CC[C@@H](C1)O2. The first-order valence-corrected chi connectivity index (χ1v) is 14.8. The highest BCUT2D eigenvalue weighted by Crippen LogP contribution is 2.39. The Hall–Kier alpha value is -3.88. The Kier molecular flexibility index (Phi) is 7.47. The second kappa shape index (κ2) is 11.0. The molecule has 5 heterocycles. The number of carboxylic acid groups (broad SMARTS) is 1. The fourth-order valence-corrected chi connectivity index (χ4v) is 7.31. The molecule has 2 bridgehead atoms. The minimum absolute atomic E-state index is 0.0654. The van der Waals surface area contributed by atoms with E-state index in [0.717, 1.165) is 28.7 Å². The number of benzene rings is 1. The van der Waals surface area contributed by atoms with E-state index in [-0.39, 0.29) is 30.2 Å². The molecule has 4 aromatic rings. The number of nitrogens with zero attached hydrogens (tertiary/aromatic N) is 5. The number of hydrogen-bond donors (Lipinski definition) is 1. The van der Waals surface area contributed by atoms with Crippen molar-refractivity contribution < 1.29 is 28.5 Å². The molecule has 2 fully saturated rings. The first-order valence-electron chi connectivity index (χ1n) is 14.0. The second-order valence-corrected chi connectivity index (χ2v) is 12.5. The fourth-order valence-electron chi connectivity index (χ4n) is 6.09. The van der Waals surface area contributed by atoms with Crippen molar-refractivity contribution in [1.82, 2.24) is 24.1 Å². The van der Waals surface area contributed by atoms with Crippen LogP contribution in [0.2, 0.25) is 0 Å². The molecular weight excluding hydrogens is 581 g/mol. The average molecular weight is 614 g/mol. The molecule has 43 heavy (non-hydrogen) atoms. The zero-order valence-corrected chi connectivity index (χ0v) is 25.0. The van der Waals surface area contributed by atoms with Crippen LogP contribution >= 0.6 is 11.3 Å². The molecule has 2 aliphatic heterocycles. The van der Waals surface area contributed by atoms with E-state index in [4.69, 9.17) is 14.2 Å². The van der Waals surface area contributed by atoms with Gasteiger partial charge in [-0.05, 0) is 64.7 Å². The third-order valence-corrected chi connectivity index (χ3v) is 9.64. The van der Waals surface area contributed by atoms with Gasteiger partial charge in [-0.15, -0.1) is 4.80 Å². The van der Waals surface area contributed by atoms with E-state index in [9.17, 15) is 23.9 Å². The van der Waals surface area contributed by atoms with Crippen LogP contribution in [-0.2, 0) is 26.4 Å². The molecule has 4 atom stereocenters. The van der Waals surface area contributed by atoms with Crippen LogP contribution in [0.5, 0.6) is 5.75 Å². The topological polar surface area (TPSA) is 140 Å². The Labute approximate surface area is 249 Å². The van der Waals surface area contributed by atoms with Gasteiger partial charge in [-0.25, -0.2) is 18.5 Å². The van der Waals surface area contributed by atoms with Crippen molar-refractivity contribution >= 4 is 27.5 Å². The summed E-state index contributed by atoms with van der Waals surface area (Å²) < 4.78 is 35.0. The first kappa shape index (κ1) is 29.2. The standard InChI is InChI=1S/C29H32FN5O7S/c1-15-23-24(36)34(29(2,3)27(37)38)28(39)33(26(23)43-25(15)35-31-9-10-32-35)14-22(20-11-16(30)5-8-21(20)40-4)42-19-12-17-6-7-18(13-19)41-17/h5,8-11,17-19,22H,6-7,12-14H2,1-4H3,(H,37,38)/t17-,18+,19-,22-/m0/s1. The highest BCUT2D eigenvalue weighted by Gasteiger charge is 2.39. The molecule has 2 saturated heterocycles. The second-order valence-electron chi connectivity index (χ2n) is 11.5. The number of methoxy groups -OCH3 is 1. The molecule has 6 rings (SSSR count). The Balaban J connectivity index is 1.57. The van der Waals surface area contributed by atoms with Gasteiger partial charge in [0.05, 0.1) is 49.7 Å². The summed E-state index contributed by atoms with van der Waals surface area (Å²) in [5, 5.41) is 19.1. The van der Waals surface area contributed by atoms with Gasteiger partial charge < -0.3 is 19.3 Å². The molecule has 0 aliphatic carbocycles. The first-order chi connectivity index (χ1) is 20.5. The van der Waals surface area contributed by atoms with Crippen LogP contribution in [0.1, 0.15) is 56.8 Å². The summed E-state index contributed by atoms with van der Waals surface area (Å²) in [5.74, 6) is -1.49. The van der Waals surface area contributed by atoms with Crippen molar-refractivity contribution in [3.05, 3.63) is 68.4 Å². The quantitative estimate of drug-likeness (QED) is 0.300. The van der Waals surface area contributed by atoms with Crippen molar-refractivity contribution in [2.24, 2.45) is 0 Å². The van der Waals surface area contributed by atoms with Crippen molar-refractivity contribution in [1.29, 1.82) is 0 Å².